The summed E-state index contributed by atoms with van der Waals surface area (Å²) in [6, 6.07) is 0. The zero-order valence-corrected chi connectivity index (χ0v) is 18.3. The van der Waals surface area contributed by atoms with E-state index in [9.17, 15) is 114 Å². The van der Waals surface area contributed by atoms with Gasteiger partial charge < -0.3 is 6.15 Å². The highest BCUT2D eigenvalue weighted by Gasteiger charge is 2.99. The second-order valence-electron chi connectivity index (χ2n) is 7.12. The lowest BCUT2D eigenvalue weighted by Gasteiger charge is -2.45. The van der Waals surface area contributed by atoms with E-state index in [-0.39, 0.29) is 6.15 Å². The van der Waals surface area contributed by atoms with Gasteiger partial charge in [-0.05, 0) is 0 Å². The Hall–Kier alpha value is -1.81. The van der Waals surface area contributed by atoms with E-state index in [0.717, 1.165) is 0 Å². The Morgan fingerprint density at radius 2 is 0.561 bits per heavy atom. The fraction of sp³-hybridized carbons (Fsp3) is 1.00. The normalized spacial score (nSPS) is 17.3. The highest BCUT2D eigenvalue weighted by Crippen LogP contribution is 2.67. The van der Waals surface area contributed by atoms with Gasteiger partial charge in [-0.2, -0.15) is 109 Å². The van der Waals surface area contributed by atoms with Crippen molar-refractivity contribution in [3.63, 3.8) is 0 Å². The maximum absolute atomic E-state index is 13.5. The molecule has 0 saturated heterocycles. The lowest BCUT2D eigenvalue weighted by molar-refractivity contribution is -0.478. The predicted molar refractivity (Wildman–Crippen MR) is 77.0 cm³/mol. The molecule has 4 nitrogen and oxygen atoms in total. The highest BCUT2D eigenvalue weighted by atomic mass is 32.2. The Bertz CT molecular complexity index is 1060. The van der Waals surface area contributed by atoms with E-state index < -0.39 is 81.0 Å². The van der Waals surface area contributed by atoms with Crippen molar-refractivity contribution in [3.8, 4) is 0 Å². The van der Waals surface area contributed by atoms with Crippen LogP contribution in [0.15, 0.2) is 0 Å². The van der Waals surface area contributed by atoms with Gasteiger partial charge in [0, 0.05) is 0 Å². The molecule has 0 aliphatic heterocycles. The minimum absolute atomic E-state index is 0. The van der Waals surface area contributed by atoms with Crippen LogP contribution in [0.3, 0.4) is 0 Å². The first-order valence-electron chi connectivity index (χ1n) is 8.11. The average molecular weight is 699 g/mol. The Morgan fingerprint density at radius 1 is 0.390 bits per heavy atom. The number of hydrogen-bond acceptors (Lipinski definition) is 3. The quantitative estimate of drug-likeness (QED) is 0.176. The Balaban J connectivity index is 0. The molecule has 4 N–H and O–H groups in total. The molecule has 41 heavy (non-hydrogen) atoms. The summed E-state index contributed by atoms with van der Waals surface area (Å²) >= 11 is 0. The summed E-state index contributed by atoms with van der Waals surface area (Å²) in [5, 5.41) is 0. The van der Waals surface area contributed by atoms with Crippen molar-refractivity contribution in [1.29, 1.82) is 0 Å². The zero-order chi connectivity index (χ0) is 33.6. The summed E-state index contributed by atoms with van der Waals surface area (Å²) in [7, 11) is -7.47. The van der Waals surface area contributed by atoms with Crippen LogP contribution in [0, 0.1) is 0 Å². The lowest BCUT2D eigenvalue weighted by atomic mass is 9.85. The molecule has 0 aromatic heterocycles. The Kier molecular flexibility index (Phi) is 9.94. The van der Waals surface area contributed by atoms with Crippen LogP contribution in [0.4, 0.5) is 105 Å². The monoisotopic (exact) mass is 699 g/mol. The minimum Gasteiger partial charge on any atom is -0.344 e. The van der Waals surface area contributed by atoms with Gasteiger partial charge >= 0.3 is 75.5 Å². The standard InChI is InChI=1S/C12H2F24O3S.H3N/c13-1(40(37,38)39)2(14,15)3(16,17)4(18,19)5(20,21)6(22,23)7(24,25)8(26,27)9(28,29)10(30,31)11(32,33)12(34,35)36;/h1H,(H,37,38,39);1H3. The molecule has 0 radical (unpaired) electrons. The molecular weight excluding hydrogens is 694 g/mol. The van der Waals surface area contributed by atoms with Crippen LogP contribution < -0.4 is 6.15 Å². The van der Waals surface area contributed by atoms with Crippen molar-refractivity contribution in [2.75, 3.05) is 0 Å². The zero-order valence-electron chi connectivity index (χ0n) is 17.5. The van der Waals surface area contributed by atoms with Gasteiger partial charge in [0.15, 0.2) is 0 Å². The predicted octanol–water partition coefficient (Wildman–Crippen LogP) is 7.25. The molecule has 0 saturated carbocycles. The van der Waals surface area contributed by atoms with Gasteiger partial charge in [0.1, 0.15) is 0 Å². The second-order valence-corrected chi connectivity index (χ2v) is 8.57. The third kappa shape index (κ3) is 4.98. The first-order chi connectivity index (χ1) is 16.7. The fourth-order valence-corrected chi connectivity index (χ4v) is 2.62. The number of hydrogen-bond donors (Lipinski definition) is 2. The number of halogens is 24. The molecule has 1 unspecified atom stereocenters. The van der Waals surface area contributed by atoms with Crippen molar-refractivity contribution in [2.24, 2.45) is 0 Å². The molecule has 29 heteroatoms. The van der Waals surface area contributed by atoms with Gasteiger partial charge in [0.2, 0.25) is 0 Å². The van der Waals surface area contributed by atoms with Crippen molar-refractivity contribution in [2.45, 2.75) is 70.9 Å². The smallest absolute Gasteiger partial charge is 0.344 e. The average Bonchev–Trinajstić information content (AvgIpc) is 2.70. The molecule has 0 bridgehead atoms. The lowest BCUT2D eigenvalue weighted by Crippen LogP contribution is -2.78. The van der Waals surface area contributed by atoms with E-state index in [1.165, 1.54) is 0 Å². The van der Waals surface area contributed by atoms with E-state index in [0.29, 0.717) is 0 Å². The Labute approximate surface area is 206 Å². The van der Waals surface area contributed by atoms with E-state index in [1.807, 2.05) is 0 Å². The summed E-state index contributed by atoms with van der Waals surface area (Å²) < 4.78 is 342. The topological polar surface area (TPSA) is 89.4 Å². The van der Waals surface area contributed by atoms with Gasteiger partial charge in [-0.15, -0.1) is 0 Å². The second kappa shape index (κ2) is 9.86. The summed E-state index contributed by atoms with van der Waals surface area (Å²) in [5.41, 5.74) is -6.28. The van der Waals surface area contributed by atoms with Crippen LogP contribution in [0.5, 0.6) is 0 Å². The summed E-state index contributed by atoms with van der Waals surface area (Å²) in [6.07, 6.45) is -8.19. The van der Waals surface area contributed by atoms with Crippen LogP contribution in [0.2, 0.25) is 0 Å². The molecule has 0 aromatic rings. The minimum atomic E-state index is -9.63. The van der Waals surface area contributed by atoms with Gasteiger partial charge in [0.05, 0.1) is 0 Å². The summed E-state index contributed by atoms with van der Waals surface area (Å²) in [5.74, 6) is -91.9. The summed E-state index contributed by atoms with van der Waals surface area (Å²) in [4.78, 5) is 0. The molecule has 0 aliphatic carbocycles. The number of alkyl halides is 24. The summed E-state index contributed by atoms with van der Waals surface area (Å²) in [6.45, 7) is 0. The molecule has 0 fully saturated rings. The molecule has 1 atom stereocenters. The molecule has 250 valence electrons. The SMILES string of the molecule is N.O=S(=O)(O)C(F)C(F)(F)C(F)(F)C(F)(F)C(F)(F)C(F)(F)C(F)(F)C(F)(F)C(F)(F)C(F)(F)C(F)(F)C(F)(F)F. The van der Waals surface area contributed by atoms with Gasteiger partial charge in [0.25, 0.3) is 5.50 Å². The van der Waals surface area contributed by atoms with Gasteiger partial charge in [-0.3, -0.25) is 4.55 Å². The molecular formula is C12H5F24NO3S. The maximum Gasteiger partial charge on any atom is 0.460 e. The van der Waals surface area contributed by atoms with E-state index in [4.69, 9.17) is 4.55 Å². The van der Waals surface area contributed by atoms with Gasteiger partial charge in [-0.25, -0.2) is 4.39 Å². The van der Waals surface area contributed by atoms with E-state index in [2.05, 4.69) is 0 Å². The highest BCUT2D eigenvalue weighted by molar-refractivity contribution is 7.86. The van der Waals surface area contributed by atoms with Crippen LogP contribution in [0.1, 0.15) is 0 Å². The van der Waals surface area contributed by atoms with E-state index >= 15 is 0 Å². The van der Waals surface area contributed by atoms with Crippen molar-refractivity contribution >= 4 is 10.1 Å². The molecule has 0 aliphatic rings. The first kappa shape index (κ1) is 41.3. The van der Waals surface area contributed by atoms with E-state index in [1.54, 1.807) is 0 Å². The molecule has 0 amide bonds. The molecule has 0 spiro atoms. The Morgan fingerprint density at radius 3 is 0.732 bits per heavy atom. The van der Waals surface area contributed by atoms with Crippen molar-refractivity contribution in [1.82, 2.24) is 6.15 Å². The van der Waals surface area contributed by atoms with Crippen LogP contribution in [-0.4, -0.2) is 83.9 Å². The third-order valence-corrected chi connectivity index (χ3v) is 5.29. The van der Waals surface area contributed by atoms with Crippen LogP contribution in [-0.2, 0) is 10.1 Å². The molecule has 0 rings (SSSR count). The van der Waals surface area contributed by atoms with Gasteiger partial charge in [-0.1, -0.05) is 0 Å². The van der Waals surface area contributed by atoms with Crippen LogP contribution >= 0.6 is 0 Å². The largest absolute Gasteiger partial charge is 0.460 e. The number of rotatable bonds is 11. The third-order valence-electron chi connectivity index (χ3n) is 4.48. The van der Waals surface area contributed by atoms with Crippen molar-refractivity contribution < 1.29 is 118 Å². The molecule has 0 aromatic carbocycles. The first-order valence-corrected chi connectivity index (χ1v) is 9.61. The molecule has 0 heterocycles. The maximum atomic E-state index is 13.5. The fourth-order valence-electron chi connectivity index (χ4n) is 2.10. The van der Waals surface area contributed by atoms with Crippen molar-refractivity contribution in [3.05, 3.63) is 0 Å². The van der Waals surface area contributed by atoms with Crippen LogP contribution in [0.25, 0.3) is 0 Å².